The van der Waals surface area contributed by atoms with Crippen LogP contribution in [0.3, 0.4) is 0 Å². The number of nitrogens with two attached hydrogens (primary N) is 1. The van der Waals surface area contributed by atoms with Crippen molar-refractivity contribution in [2.45, 2.75) is 81.7 Å². The minimum Gasteiger partial charge on any atom is -0.345 e. The summed E-state index contributed by atoms with van der Waals surface area (Å²) in [6.45, 7) is 4.31. The lowest BCUT2D eigenvalue weighted by atomic mass is 9.71. The number of hydrogen-bond donors (Lipinski definition) is 1. The quantitative estimate of drug-likeness (QED) is 0.567. The molecule has 0 amide bonds. The van der Waals surface area contributed by atoms with Gasteiger partial charge in [-0.1, -0.05) is 49.6 Å². The van der Waals surface area contributed by atoms with Crippen molar-refractivity contribution in [2.75, 3.05) is 6.54 Å². The van der Waals surface area contributed by atoms with Crippen molar-refractivity contribution < 1.29 is 18.6 Å². The maximum Gasteiger partial charge on any atom is 0.166 e. The van der Waals surface area contributed by atoms with Crippen molar-refractivity contribution in [3.8, 4) is 0 Å². The van der Waals surface area contributed by atoms with Crippen molar-refractivity contribution in [3.63, 3.8) is 0 Å². The Labute approximate surface area is 209 Å². The van der Waals surface area contributed by atoms with E-state index >= 15 is 0 Å². The zero-order valence-electron chi connectivity index (χ0n) is 20.6. The summed E-state index contributed by atoms with van der Waals surface area (Å²) in [5.74, 6) is -1.06. The number of hydrogen-bond acceptors (Lipinski definition) is 7. The van der Waals surface area contributed by atoms with Crippen LogP contribution in [0.5, 0.6) is 0 Å². The molecule has 8 nitrogen and oxygen atoms in total. The molecule has 0 bridgehead atoms. The molecule has 36 heavy (non-hydrogen) atoms. The number of imidazole rings is 1. The molecule has 1 aromatic carbocycles. The van der Waals surface area contributed by atoms with Crippen LogP contribution >= 0.6 is 0 Å². The van der Waals surface area contributed by atoms with Crippen molar-refractivity contribution >= 4 is 17.2 Å². The molecule has 190 valence electrons. The highest BCUT2D eigenvalue weighted by atomic mass is 19.1. The zero-order valence-corrected chi connectivity index (χ0v) is 20.6. The number of benzene rings is 1. The normalized spacial score (nSPS) is 29.2. The topological polar surface area (TPSA) is 97.3 Å². The fourth-order valence-corrected chi connectivity index (χ4v) is 5.99. The molecule has 9 heteroatoms. The first-order valence-electron chi connectivity index (χ1n) is 12.7. The van der Waals surface area contributed by atoms with Gasteiger partial charge in [-0.3, -0.25) is 4.57 Å². The molecule has 2 aromatic heterocycles. The summed E-state index contributed by atoms with van der Waals surface area (Å²) in [6, 6.07) is 6.64. The highest BCUT2D eigenvalue weighted by Crippen LogP contribution is 2.45. The Kier molecular flexibility index (Phi) is 5.91. The van der Waals surface area contributed by atoms with Gasteiger partial charge in [0.15, 0.2) is 17.7 Å². The van der Waals surface area contributed by atoms with Gasteiger partial charge in [-0.2, -0.15) is 0 Å². The van der Waals surface area contributed by atoms with Crippen molar-refractivity contribution in [1.29, 1.82) is 0 Å². The average Bonchev–Trinajstić information content (AvgIpc) is 3.54. The molecule has 0 spiro atoms. The van der Waals surface area contributed by atoms with Crippen molar-refractivity contribution in [1.82, 2.24) is 19.5 Å². The molecule has 3 aromatic rings. The van der Waals surface area contributed by atoms with Crippen LogP contribution in [0.4, 0.5) is 4.39 Å². The second-order valence-electron chi connectivity index (χ2n) is 10.5. The predicted octanol–water partition coefficient (Wildman–Crippen LogP) is 4.26. The van der Waals surface area contributed by atoms with Crippen LogP contribution in [-0.4, -0.2) is 50.2 Å². The molecule has 1 saturated carbocycles. The third kappa shape index (κ3) is 3.94. The van der Waals surface area contributed by atoms with E-state index in [9.17, 15) is 4.39 Å². The van der Waals surface area contributed by atoms with Gasteiger partial charge in [-0.15, -0.1) is 0 Å². The summed E-state index contributed by atoms with van der Waals surface area (Å²) in [5.41, 5.74) is 8.98. The van der Waals surface area contributed by atoms with Gasteiger partial charge < -0.3 is 19.9 Å². The summed E-state index contributed by atoms with van der Waals surface area (Å²) >= 11 is 0. The number of nitrogens with zero attached hydrogens (tertiary/aromatic N) is 4. The summed E-state index contributed by atoms with van der Waals surface area (Å²) in [7, 11) is 0. The van der Waals surface area contributed by atoms with E-state index < -0.39 is 18.1 Å². The van der Waals surface area contributed by atoms with Gasteiger partial charge in [0.1, 0.15) is 36.0 Å². The molecule has 4 heterocycles. The van der Waals surface area contributed by atoms with E-state index in [-0.39, 0.29) is 23.4 Å². The van der Waals surface area contributed by atoms with Gasteiger partial charge in [-0.05, 0) is 32.8 Å². The predicted molar refractivity (Wildman–Crippen MR) is 132 cm³/mol. The van der Waals surface area contributed by atoms with Crippen LogP contribution in [0, 0.1) is 5.82 Å². The Morgan fingerprint density at radius 3 is 2.64 bits per heavy atom. The molecule has 2 N–H and O–H groups in total. The van der Waals surface area contributed by atoms with E-state index in [4.69, 9.17) is 24.9 Å². The monoisotopic (exact) mass is 493 g/mol. The first kappa shape index (κ1) is 23.7. The molecule has 4 atom stereocenters. The minimum atomic E-state index is -0.774. The molecule has 0 radical (unpaired) electrons. The largest absolute Gasteiger partial charge is 0.345 e. The summed E-state index contributed by atoms with van der Waals surface area (Å²) in [6.07, 6.45) is 10.7. The van der Waals surface area contributed by atoms with E-state index in [1.807, 2.05) is 24.5 Å². The number of aromatic nitrogens is 4. The van der Waals surface area contributed by atoms with E-state index in [1.54, 1.807) is 36.9 Å². The standard InChI is InChI=1S/C27H32FN5O3/c1-26(2)35-21-19(11-10-17-8-4-5-9-18(17)28)34-25(22(21)36-26)33-16-32-20-23(30-15-31-24(20)33)27(14-29)12-6-3-7-13-27/h4-5,8-11,15-16,19,21-22,25H,3,6-7,12-14,29H2,1-2H3/t19-,21-,22-,25-/m1/s1. The molecule has 2 saturated heterocycles. The van der Waals surface area contributed by atoms with Crippen LogP contribution in [0.1, 0.15) is 63.4 Å². The van der Waals surface area contributed by atoms with Crippen LogP contribution in [0.15, 0.2) is 43.0 Å². The Bertz CT molecular complexity index is 1290. The fourth-order valence-electron chi connectivity index (χ4n) is 5.99. The molecule has 2 aliphatic heterocycles. The molecular weight excluding hydrogens is 461 g/mol. The van der Waals surface area contributed by atoms with Crippen LogP contribution < -0.4 is 5.73 Å². The van der Waals surface area contributed by atoms with Gasteiger partial charge in [0.25, 0.3) is 0 Å². The van der Waals surface area contributed by atoms with E-state index in [2.05, 4.69) is 9.97 Å². The SMILES string of the molecule is CC1(C)O[C@@H]2[C@H](O1)[C@@H](C=Cc1ccccc1F)O[C@H]2n1cnc2c(C3(CN)CCCCC3)ncnc21. The second-order valence-corrected chi connectivity index (χ2v) is 10.5. The molecule has 1 aliphatic carbocycles. The zero-order chi connectivity index (χ0) is 24.9. The Morgan fingerprint density at radius 1 is 1.08 bits per heavy atom. The number of fused-ring (bicyclic) bond motifs is 2. The summed E-state index contributed by atoms with van der Waals surface area (Å²) < 4.78 is 35.1. The lowest BCUT2D eigenvalue weighted by Crippen LogP contribution is -2.38. The van der Waals surface area contributed by atoms with Crippen molar-refractivity contribution in [2.24, 2.45) is 5.73 Å². The maximum atomic E-state index is 14.2. The molecule has 3 fully saturated rings. The van der Waals surface area contributed by atoms with E-state index in [0.29, 0.717) is 17.8 Å². The number of halogens is 1. The Balaban J connectivity index is 1.36. The average molecular weight is 494 g/mol. The Hall–Kier alpha value is -2.72. The highest BCUT2D eigenvalue weighted by molar-refractivity contribution is 5.74. The lowest BCUT2D eigenvalue weighted by Gasteiger charge is -2.35. The third-order valence-corrected chi connectivity index (χ3v) is 7.77. The first-order valence-corrected chi connectivity index (χ1v) is 12.7. The smallest absolute Gasteiger partial charge is 0.166 e. The first-order chi connectivity index (χ1) is 17.4. The fraction of sp³-hybridized carbons (Fsp3) is 0.519. The van der Waals surface area contributed by atoms with E-state index in [1.165, 1.54) is 12.5 Å². The van der Waals surface area contributed by atoms with Crippen LogP contribution in [0.2, 0.25) is 0 Å². The minimum absolute atomic E-state index is 0.183. The second kappa shape index (κ2) is 8.99. The molecule has 0 unspecified atom stereocenters. The van der Waals surface area contributed by atoms with Gasteiger partial charge in [-0.25, -0.2) is 19.3 Å². The van der Waals surface area contributed by atoms with Gasteiger partial charge in [0.05, 0.1) is 12.0 Å². The van der Waals surface area contributed by atoms with Crippen LogP contribution in [-0.2, 0) is 19.6 Å². The van der Waals surface area contributed by atoms with Gasteiger partial charge in [0, 0.05) is 17.5 Å². The summed E-state index contributed by atoms with van der Waals surface area (Å²) in [5, 5.41) is 0. The number of ether oxygens (including phenoxy) is 3. The Morgan fingerprint density at radius 2 is 1.86 bits per heavy atom. The van der Waals surface area contributed by atoms with Gasteiger partial charge >= 0.3 is 0 Å². The van der Waals surface area contributed by atoms with Crippen LogP contribution in [0.25, 0.3) is 17.2 Å². The van der Waals surface area contributed by atoms with E-state index in [0.717, 1.165) is 36.9 Å². The molecule has 6 rings (SSSR count). The lowest BCUT2D eigenvalue weighted by molar-refractivity contribution is -0.191. The highest BCUT2D eigenvalue weighted by Gasteiger charge is 2.55. The summed E-state index contributed by atoms with van der Waals surface area (Å²) in [4.78, 5) is 14.0. The number of rotatable bonds is 5. The third-order valence-electron chi connectivity index (χ3n) is 7.77. The maximum absolute atomic E-state index is 14.2. The van der Waals surface area contributed by atoms with Crippen molar-refractivity contribution in [3.05, 3.63) is 60.1 Å². The molecular formula is C27H32FN5O3. The van der Waals surface area contributed by atoms with Gasteiger partial charge in [0.2, 0.25) is 0 Å². The molecule has 3 aliphatic rings.